The maximum Gasteiger partial charge on any atom is 0.342 e. The molecule has 2 heterocycles. The van der Waals surface area contributed by atoms with Crippen LogP contribution in [0.4, 0.5) is 0 Å². The van der Waals surface area contributed by atoms with Crippen LogP contribution in [0.5, 0.6) is 11.5 Å². The molecule has 4 aromatic rings. The van der Waals surface area contributed by atoms with Crippen molar-refractivity contribution in [2.75, 3.05) is 0 Å². The van der Waals surface area contributed by atoms with E-state index in [9.17, 15) is 9.90 Å². The van der Waals surface area contributed by atoms with Gasteiger partial charge in [0.15, 0.2) is 0 Å². The lowest BCUT2D eigenvalue weighted by Gasteiger charge is -2.21. The van der Waals surface area contributed by atoms with Crippen molar-refractivity contribution in [1.29, 1.82) is 0 Å². The fourth-order valence-electron chi connectivity index (χ4n) is 4.11. The van der Waals surface area contributed by atoms with E-state index in [2.05, 4.69) is 4.98 Å². The van der Waals surface area contributed by atoms with Crippen molar-refractivity contribution in [3.63, 3.8) is 0 Å². The normalized spacial score (nSPS) is 14.8. The molecule has 5 rings (SSSR count). The Labute approximate surface area is 173 Å². The van der Waals surface area contributed by atoms with Gasteiger partial charge in [-0.3, -0.25) is 0 Å². The highest BCUT2D eigenvalue weighted by molar-refractivity contribution is 6.08. The first-order valence-corrected chi connectivity index (χ1v) is 9.93. The first kappa shape index (κ1) is 18.3. The maximum atomic E-state index is 12.9. The number of hydrogen-bond acceptors (Lipinski definition) is 4. The van der Waals surface area contributed by atoms with Gasteiger partial charge in [0.2, 0.25) is 0 Å². The fraction of sp³-hybridized carbons (Fsp3) is 0.160. The Kier molecular flexibility index (Phi) is 4.24. The molecule has 0 saturated heterocycles. The average molecular weight is 399 g/mol. The van der Waals surface area contributed by atoms with Gasteiger partial charge < -0.3 is 19.6 Å². The number of hydrogen-bond donors (Lipinski definition) is 2. The quantitative estimate of drug-likeness (QED) is 0.441. The second-order valence-corrected chi connectivity index (χ2v) is 7.67. The van der Waals surface area contributed by atoms with Gasteiger partial charge in [-0.2, -0.15) is 0 Å². The molecule has 1 atom stereocenters. The second-order valence-electron chi connectivity index (χ2n) is 7.67. The number of rotatable bonds is 3. The van der Waals surface area contributed by atoms with Crippen molar-refractivity contribution in [2.45, 2.75) is 26.1 Å². The zero-order valence-corrected chi connectivity index (χ0v) is 16.7. The number of aromatic amines is 1. The van der Waals surface area contributed by atoms with Crippen LogP contribution in [0.2, 0.25) is 0 Å². The van der Waals surface area contributed by atoms with Crippen LogP contribution in [-0.4, -0.2) is 22.2 Å². The highest BCUT2D eigenvalue weighted by atomic mass is 16.5. The lowest BCUT2D eigenvalue weighted by atomic mass is 9.93. The lowest BCUT2D eigenvalue weighted by Crippen LogP contribution is -2.14. The highest BCUT2D eigenvalue weighted by Crippen LogP contribution is 2.48. The van der Waals surface area contributed by atoms with E-state index in [4.69, 9.17) is 9.47 Å². The Bertz CT molecular complexity index is 1260. The maximum absolute atomic E-state index is 12.9. The molecule has 0 bridgehead atoms. The molecule has 0 radical (unpaired) electrons. The van der Waals surface area contributed by atoms with Gasteiger partial charge in [0, 0.05) is 33.8 Å². The van der Waals surface area contributed by atoms with Crippen molar-refractivity contribution in [3.05, 3.63) is 83.6 Å². The van der Waals surface area contributed by atoms with Gasteiger partial charge in [0.05, 0.1) is 6.10 Å². The van der Waals surface area contributed by atoms with Crippen LogP contribution in [0.15, 0.2) is 66.9 Å². The van der Waals surface area contributed by atoms with Crippen LogP contribution in [0.3, 0.4) is 0 Å². The number of benzene rings is 3. The molecule has 5 heteroatoms. The van der Waals surface area contributed by atoms with Crippen LogP contribution in [-0.2, 0) is 4.74 Å². The molecular weight excluding hydrogens is 378 g/mol. The van der Waals surface area contributed by atoms with Gasteiger partial charge in [-0.1, -0.05) is 42.5 Å². The minimum atomic E-state index is -0.576. The molecule has 5 nitrogen and oxygen atoms in total. The molecule has 150 valence electrons. The van der Waals surface area contributed by atoms with Gasteiger partial charge in [-0.15, -0.1) is 0 Å². The number of carbonyl (C=O) groups excluding carboxylic acids is 1. The number of aromatic nitrogens is 1. The van der Waals surface area contributed by atoms with Gasteiger partial charge in [0.1, 0.15) is 23.2 Å². The standard InChI is InChI=1S/C25H21NO4/c1-14(2)29-25(28)23-19(27)11-12-20-22(23)17-13-26-18-10-6-9-16(21(17)18)24(30-20)15-7-4-3-5-8-15/h3-14,24,26-27H,1-2H3/t24-/m1/s1. The van der Waals surface area contributed by atoms with Gasteiger partial charge in [0.25, 0.3) is 0 Å². The lowest BCUT2D eigenvalue weighted by molar-refractivity contribution is 0.0375. The average Bonchev–Trinajstić information content (AvgIpc) is 3.10. The zero-order valence-electron chi connectivity index (χ0n) is 16.7. The Morgan fingerprint density at radius 2 is 1.87 bits per heavy atom. The van der Waals surface area contributed by atoms with Crippen LogP contribution in [0.25, 0.3) is 22.0 Å². The molecule has 3 aromatic carbocycles. The smallest absolute Gasteiger partial charge is 0.342 e. The minimum absolute atomic E-state index is 0.116. The summed E-state index contributed by atoms with van der Waals surface area (Å²) in [6.07, 6.45) is 1.19. The fourth-order valence-corrected chi connectivity index (χ4v) is 4.11. The van der Waals surface area contributed by atoms with Crippen molar-refractivity contribution < 1.29 is 19.4 Å². The third-order valence-electron chi connectivity index (χ3n) is 5.33. The predicted octanol–water partition coefficient (Wildman–Crippen LogP) is 5.59. The van der Waals surface area contributed by atoms with Crippen LogP contribution < -0.4 is 4.74 Å². The van der Waals surface area contributed by atoms with E-state index in [-0.39, 0.29) is 23.5 Å². The number of ether oxygens (including phenoxy) is 2. The van der Waals surface area contributed by atoms with Gasteiger partial charge in [-0.05, 0) is 37.6 Å². The van der Waals surface area contributed by atoms with E-state index in [0.29, 0.717) is 11.3 Å². The predicted molar refractivity (Wildman–Crippen MR) is 115 cm³/mol. The molecule has 0 amide bonds. The second kappa shape index (κ2) is 6.95. The molecule has 1 aliphatic rings. The van der Waals surface area contributed by atoms with Crippen molar-refractivity contribution in [2.24, 2.45) is 0 Å². The number of H-pyrrole nitrogens is 1. The molecule has 2 N–H and O–H groups in total. The number of nitrogens with one attached hydrogen (secondary N) is 1. The molecule has 30 heavy (non-hydrogen) atoms. The number of phenolic OH excluding ortho intramolecular Hbond substituents is 1. The van der Waals surface area contributed by atoms with E-state index in [1.807, 2.05) is 54.7 Å². The summed E-state index contributed by atoms with van der Waals surface area (Å²) >= 11 is 0. The number of carbonyl (C=O) groups is 1. The van der Waals surface area contributed by atoms with Gasteiger partial charge >= 0.3 is 5.97 Å². The largest absolute Gasteiger partial charge is 0.507 e. The first-order chi connectivity index (χ1) is 14.5. The Hall–Kier alpha value is -3.73. The number of phenols is 1. The van der Waals surface area contributed by atoms with E-state index in [0.717, 1.165) is 27.6 Å². The van der Waals surface area contributed by atoms with Crippen molar-refractivity contribution in [3.8, 4) is 22.6 Å². The summed E-state index contributed by atoms with van der Waals surface area (Å²) in [6.45, 7) is 3.56. The highest BCUT2D eigenvalue weighted by Gasteiger charge is 2.32. The minimum Gasteiger partial charge on any atom is -0.507 e. The SMILES string of the molecule is CC(C)OC(=O)c1c(O)ccc2c1-c1c[nH]c3cccc(c13)[C@@H](c1ccccc1)O2. The van der Waals surface area contributed by atoms with Crippen molar-refractivity contribution in [1.82, 2.24) is 4.98 Å². The molecule has 0 unspecified atom stereocenters. The Morgan fingerprint density at radius 3 is 2.63 bits per heavy atom. The zero-order chi connectivity index (χ0) is 20.8. The summed E-state index contributed by atoms with van der Waals surface area (Å²) in [5.74, 6) is -0.185. The monoisotopic (exact) mass is 399 g/mol. The summed E-state index contributed by atoms with van der Waals surface area (Å²) in [5.41, 5.74) is 4.40. The summed E-state index contributed by atoms with van der Waals surface area (Å²) < 4.78 is 11.9. The third-order valence-corrected chi connectivity index (χ3v) is 5.33. The summed E-state index contributed by atoms with van der Waals surface area (Å²) in [6, 6.07) is 19.2. The first-order valence-electron chi connectivity index (χ1n) is 9.93. The van der Waals surface area contributed by atoms with Crippen LogP contribution >= 0.6 is 0 Å². The topological polar surface area (TPSA) is 71.5 Å². The molecule has 1 aromatic heterocycles. The number of esters is 1. The van der Waals surface area contributed by atoms with Crippen LogP contribution in [0.1, 0.15) is 41.4 Å². The molecule has 0 saturated carbocycles. The molecule has 0 fully saturated rings. The summed E-state index contributed by atoms with van der Waals surface area (Å²) in [5, 5.41) is 11.6. The van der Waals surface area contributed by atoms with E-state index in [1.165, 1.54) is 6.07 Å². The third kappa shape index (κ3) is 2.82. The molecule has 0 aliphatic carbocycles. The molecule has 1 aliphatic heterocycles. The number of aromatic hydroxyl groups is 1. The Balaban J connectivity index is 1.82. The van der Waals surface area contributed by atoms with E-state index >= 15 is 0 Å². The molecule has 0 spiro atoms. The summed E-state index contributed by atoms with van der Waals surface area (Å²) in [7, 11) is 0. The molecular formula is C25H21NO4. The van der Waals surface area contributed by atoms with E-state index in [1.54, 1.807) is 19.9 Å². The van der Waals surface area contributed by atoms with Crippen LogP contribution in [0, 0.1) is 0 Å². The Morgan fingerprint density at radius 1 is 1.07 bits per heavy atom. The van der Waals surface area contributed by atoms with E-state index < -0.39 is 5.97 Å². The summed E-state index contributed by atoms with van der Waals surface area (Å²) in [4.78, 5) is 16.2. The number of fused-ring (bicyclic) bond motifs is 2. The van der Waals surface area contributed by atoms with Crippen molar-refractivity contribution >= 4 is 16.9 Å². The van der Waals surface area contributed by atoms with Gasteiger partial charge in [-0.25, -0.2) is 4.79 Å².